The van der Waals surface area contributed by atoms with E-state index in [4.69, 9.17) is 4.74 Å². The predicted molar refractivity (Wildman–Crippen MR) is 69.3 cm³/mol. The molecule has 0 bridgehead atoms. The second-order valence-electron chi connectivity index (χ2n) is 5.96. The van der Waals surface area contributed by atoms with Gasteiger partial charge < -0.3 is 15.0 Å². The second kappa shape index (κ2) is 5.57. The normalized spacial score (nSPS) is 34.4. The summed E-state index contributed by atoms with van der Waals surface area (Å²) in [6, 6.07) is 0.510. The molecule has 3 aliphatic heterocycles. The van der Waals surface area contributed by atoms with E-state index in [1.807, 2.05) is 0 Å². The summed E-state index contributed by atoms with van der Waals surface area (Å²) in [4.78, 5) is 14.4. The Morgan fingerprint density at radius 3 is 2.89 bits per heavy atom. The molecule has 3 fully saturated rings. The number of ether oxygens (including phenoxy) is 1. The topological polar surface area (TPSA) is 41.6 Å². The van der Waals surface area contributed by atoms with E-state index in [1.165, 1.54) is 0 Å². The van der Waals surface area contributed by atoms with Crippen LogP contribution in [0.25, 0.3) is 0 Å². The smallest absolute Gasteiger partial charge is 0.222 e. The number of hydrogen-bond acceptors (Lipinski definition) is 3. The van der Waals surface area contributed by atoms with E-state index in [9.17, 15) is 4.79 Å². The van der Waals surface area contributed by atoms with Crippen LogP contribution < -0.4 is 5.32 Å². The molecule has 2 atom stereocenters. The minimum absolute atomic E-state index is 0.393. The molecular weight excluding hydrogens is 228 g/mol. The summed E-state index contributed by atoms with van der Waals surface area (Å²) in [7, 11) is 0. The highest BCUT2D eigenvalue weighted by molar-refractivity contribution is 5.77. The number of likely N-dealkylation sites (tertiary alicyclic amines) is 1. The van der Waals surface area contributed by atoms with Crippen molar-refractivity contribution < 1.29 is 9.53 Å². The molecule has 0 aromatic rings. The molecular formula is C14H24N2O2. The standard InChI is InChI=1S/C14H24N2O2/c17-14-2-1-12-9-15-6-3-13(12)16(14)10-11-4-7-18-8-5-11/h11-13,15H,1-10H2. The van der Waals surface area contributed by atoms with Crippen molar-refractivity contribution in [3.05, 3.63) is 0 Å². The van der Waals surface area contributed by atoms with Crippen LogP contribution in [0.15, 0.2) is 0 Å². The number of rotatable bonds is 2. The van der Waals surface area contributed by atoms with Gasteiger partial charge in [0.15, 0.2) is 0 Å². The lowest BCUT2D eigenvalue weighted by Gasteiger charge is -2.45. The van der Waals surface area contributed by atoms with Crippen molar-refractivity contribution >= 4 is 5.91 Å². The van der Waals surface area contributed by atoms with Gasteiger partial charge >= 0.3 is 0 Å². The number of amides is 1. The largest absolute Gasteiger partial charge is 0.381 e. The molecule has 4 heteroatoms. The minimum atomic E-state index is 0.393. The van der Waals surface area contributed by atoms with Gasteiger partial charge in [-0.2, -0.15) is 0 Å². The Labute approximate surface area is 109 Å². The van der Waals surface area contributed by atoms with E-state index in [1.54, 1.807) is 0 Å². The summed E-state index contributed by atoms with van der Waals surface area (Å²) >= 11 is 0. The Morgan fingerprint density at radius 2 is 2.06 bits per heavy atom. The van der Waals surface area contributed by atoms with Gasteiger partial charge in [-0.15, -0.1) is 0 Å². The summed E-state index contributed by atoms with van der Waals surface area (Å²) in [5.41, 5.74) is 0. The third-order valence-electron chi connectivity index (χ3n) is 4.81. The molecule has 3 rings (SSSR count). The van der Waals surface area contributed by atoms with Crippen LogP contribution in [-0.4, -0.2) is 49.7 Å². The maximum Gasteiger partial charge on any atom is 0.222 e. The van der Waals surface area contributed by atoms with E-state index in [0.717, 1.165) is 65.0 Å². The highest BCUT2D eigenvalue weighted by Gasteiger charge is 2.37. The van der Waals surface area contributed by atoms with Crippen molar-refractivity contribution in [2.45, 2.75) is 38.1 Å². The second-order valence-corrected chi connectivity index (χ2v) is 5.96. The predicted octanol–water partition coefficient (Wildman–Crippen LogP) is 1.01. The summed E-state index contributed by atoms with van der Waals surface area (Å²) < 4.78 is 5.41. The van der Waals surface area contributed by atoms with Crippen molar-refractivity contribution in [1.29, 1.82) is 0 Å². The molecule has 3 saturated heterocycles. The Balaban J connectivity index is 1.64. The van der Waals surface area contributed by atoms with E-state index < -0.39 is 0 Å². The number of nitrogens with zero attached hydrogens (tertiary/aromatic N) is 1. The summed E-state index contributed by atoms with van der Waals surface area (Å²) in [5, 5.41) is 3.46. The Kier molecular flexibility index (Phi) is 3.85. The number of carbonyl (C=O) groups excluding carboxylic acids is 1. The van der Waals surface area contributed by atoms with Crippen LogP contribution in [-0.2, 0) is 9.53 Å². The Morgan fingerprint density at radius 1 is 1.22 bits per heavy atom. The van der Waals surface area contributed by atoms with Gasteiger partial charge in [-0.3, -0.25) is 4.79 Å². The summed E-state index contributed by atoms with van der Waals surface area (Å²) in [5.74, 6) is 1.75. The van der Waals surface area contributed by atoms with Crippen molar-refractivity contribution in [1.82, 2.24) is 10.2 Å². The lowest BCUT2D eigenvalue weighted by molar-refractivity contribution is -0.141. The average Bonchev–Trinajstić information content (AvgIpc) is 2.43. The van der Waals surface area contributed by atoms with Gasteiger partial charge in [-0.05, 0) is 50.6 Å². The molecule has 0 aromatic heterocycles. The van der Waals surface area contributed by atoms with E-state index in [2.05, 4.69) is 10.2 Å². The number of nitrogens with one attached hydrogen (secondary N) is 1. The Hall–Kier alpha value is -0.610. The molecule has 0 radical (unpaired) electrons. The number of piperidine rings is 2. The monoisotopic (exact) mass is 252 g/mol. The van der Waals surface area contributed by atoms with Crippen LogP contribution in [0, 0.1) is 11.8 Å². The first-order valence-electron chi connectivity index (χ1n) is 7.42. The lowest BCUT2D eigenvalue weighted by Crippen LogP contribution is -2.56. The van der Waals surface area contributed by atoms with Crippen molar-refractivity contribution in [2.75, 3.05) is 32.8 Å². The molecule has 0 saturated carbocycles. The fourth-order valence-corrected chi connectivity index (χ4v) is 3.70. The zero-order chi connectivity index (χ0) is 12.4. The van der Waals surface area contributed by atoms with Crippen LogP contribution >= 0.6 is 0 Å². The van der Waals surface area contributed by atoms with E-state index in [0.29, 0.717) is 23.8 Å². The van der Waals surface area contributed by atoms with Crippen molar-refractivity contribution in [3.8, 4) is 0 Å². The molecule has 0 aliphatic carbocycles. The molecule has 1 amide bonds. The maximum absolute atomic E-state index is 12.2. The van der Waals surface area contributed by atoms with Crippen molar-refractivity contribution in [2.24, 2.45) is 11.8 Å². The van der Waals surface area contributed by atoms with Gasteiger partial charge in [0.1, 0.15) is 0 Å². The van der Waals surface area contributed by atoms with Crippen LogP contribution in [0.4, 0.5) is 0 Å². The average molecular weight is 252 g/mol. The SMILES string of the molecule is O=C1CCC2CNCCC2N1CC1CCOCC1. The quantitative estimate of drug-likeness (QED) is 0.797. The fourth-order valence-electron chi connectivity index (χ4n) is 3.70. The highest BCUT2D eigenvalue weighted by atomic mass is 16.5. The third kappa shape index (κ3) is 2.54. The fraction of sp³-hybridized carbons (Fsp3) is 0.929. The van der Waals surface area contributed by atoms with Crippen LogP contribution in [0.3, 0.4) is 0 Å². The van der Waals surface area contributed by atoms with Gasteiger partial charge in [-0.25, -0.2) is 0 Å². The van der Waals surface area contributed by atoms with Gasteiger partial charge in [0.05, 0.1) is 0 Å². The molecule has 0 aromatic carbocycles. The van der Waals surface area contributed by atoms with Gasteiger partial charge in [0, 0.05) is 32.2 Å². The van der Waals surface area contributed by atoms with Crippen LogP contribution in [0.1, 0.15) is 32.1 Å². The lowest BCUT2D eigenvalue weighted by atomic mass is 9.83. The number of hydrogen-bond donors (Lipinski definition) is 1. The molecule has 2 unspecified atom stereocenters. The zero-order valence-corrected chi connectivity index (χ0v) is 11.1. The molecule has 4 nitrogen and oxygen atoms in total. The first-order chi connectivity index (χ1) is 8.84. The first-order valence-corrected chi connectivity index (χ1v) is 7.42. The van der Waals surface area contributed by atoms with Gasteiger partial charge in [0.2, 0.25) is 5.91 Å². The molecule has 0 spiro atoms. The van der Waals surface area contributed by atoms with Crippen LogP contribution in [0.5, 0.6) is 0 Å². The first kappa shape index (κ1) is 12.4. The number of fused-ring (bicyclic) bond motifs is 1. The van der Waals surface area contributed by atoms with Crippen molar-refractivity contribution in [3.63, 3.8) is 0 Å². The summed E-state index contributed by atoms with van der Waals surface area (Å²) in [6.45, 7) is 4.90. The van der Waals surface area contributed by atoms with Gasteiger partial charge in [0.25, 0.3) is 0 Å². The molecule has 102 valence electrons. The molecule has 18 heavy (non-hydrogen) atoms. The minimum Gasteiger partial charge on any atom is -0.381 e. The van der Waals surface area contributed by atoms with Gasteiger partial charge in [-0.1, -0.05) is 0 Å². The molecule has 3 aliphatic rings. The Bertz CT molecular complexity index is 302. The number of carbonyl (C=O) groups is 1. The van der Waals surface area contributed by atoms with Crippen LogP contribution in [0.2, 0.25) is 0 Å². The summed E-state index contributed by atoms with van der Waals surface area (Å²) in [6.07, 6.45) is 5.23. The molecule has 3 heterocycles. The molecule has 1 N–H and O–H groups in total. The highest BCUT2D eigenvalue weighted by Crippen LogP contribution is 2.30. The van der Waals surface area contributed by atoms with E-state index in [-0.39, 0.29) is 0 Å². The maximum atomic E-state index is 12.2. The van der Waals surface area contributed by atoms with E-state index >= 15 is 0 Å². The third-order valence-corrected chi connectivity index (χ3v) is 4.81. The zero-order valence-electron chi connectivity index (χ0n) is 11.1.